The summed E-state index contributed by atoms with van der Waals surface area (Å²) in [7, 11) is 0. The van der Waals surface area contributed by atoms with Crippen molar-refractivity contribution >= 4 is 11.1 Å². The number of aromatic nitrogens is 1. The molecule has 4 nitrogen and oxygen atoms in total. The molecule has 1 aromatic carbocycles. The van der Waals surface area contributed by atoms with Crippen molar-refractivity contribution in [3.05, 3.63) is 29.7 Å². The van der Waals surface area contributed by atoms with Gasteiger partial charge in [-0.25, -0.2) is 4.98 Å². The van der Waals surface area contributed by atoms with Crippen molar-refractivity contribution in [2.45, 2.75) is 32.7 Å². The van der Waals surface area contributed by atoms with E-state index in [1.54, 1.807) is 0 Å². The summed E-state index contributed by atoms with van der Waals surface area (Å²) >= 11 is 0. The van der Waals surface area contributed by atoms with Crippen molar-refractivity contribution in [3.8, 4) is 0 Å². The minimum atomic E-state index is 0.134. The van der Waals surface area contributed by atoms with E-state index < -0.39 is 0 Å². The molecule has 2 N–H and O–H groups in total. The summed E-state index contributed by atoms with van der Waals surface area (Å²) in [5.41, 5.74) is 3.09. The number of hydrogen-bond acceptors (Lipinski definition) is 4. The third-order valence-corrected chi connectivity index (χ3v) is 4.14. The average molecular weight is 260 g/mol. The van der Waals surface area contributed by atoms with Crippen LogP contribution in [0.5, 0.6) is 0 Å². The minimum absolute atomic E-state index is 0.134. The molecular formula is C15H20N2O2. The SMILES string of the molecule is Cc1nc2cc(CNCC3(CO)CCC3)ccc2o1. The predicted octanol–water partition coefficient (Wildman–Crippen LogP) is 2.39. The van der Waals surface area contributed by atoms with Crippen LogP contribution in [0.2, 0.25) is 0 Å². The number of aliphatic hydroxyl groups excluding tert-OH is 1. The molecule has 0 atom stereocenters. The molecule has 4 heteroatoms. The first-order valence-electron chi connectivity index (χ1n) is 6.88. The number of aliphatic hydroxyl groups is 1. The van der Waals surface area contributed by atoms with Crippen LogP contribution in [-0.4, -0.2) is 23.2 Å². The fraction of sp³-hybridized carbons (Fsp3) is 0.533. The number of fused-ring (bicyclic) bond motifs is 1. The Morgan fingerprint density at radius 2 is 2.26 bits per heavy atom. The standard InChI is InChI=1S/C15H20N2O2/c1-11-17-13-7-12(3-4-14(13)19-11)8-16-9-15(10-18)5-2-6-15/h3-4,7,16,18H,2,5-6,8-10H2,1H3. The van der Waals surface area contributed by atoms with Gasteiger partial charge in [-0.05, 0) is 30.5 Å². The van der Waals surface area contributed by atoms with Crippen LogP contribution in [0, 0.1) is 12.3 Å². The van der Waals surface area contributed by atoms with Crippen LogP contribution in [0.15, 0.2) is 22.6 Å². The Morgan fingerprint density at radius 3 is 2.95 bits per heavy atom. The first-order chi connectivity index (χ1) is 9.21. The van der Waals surface area contributed by atoms with Crippen molar-refractivity contribution in [2.75, 3.05) is 13.2 Å². The van der Waals surface area contributed by atoms with E-state index in [0.717, 1.165) is 37.0 Å². The van der Waals surface area contributed by atoms with Crippen LogP contribution in [0.3, 0.4) is 0 Å². The molecule has 0 amide bonds. The van der Waals surface area contributed by atoms with Crippen molar-refractivity contribution in [1.29, 1.82) is 0 Å². The van der Waals surface area contributed by atoms with Crippen LogP contribution >= 0.6 is 0 Å². The monoisotopic (exact) mass is 260 g/mol. The van der Waals surface area contributed by atoms with Gasteiger partial charge in [0.2, 0.25) is 0 Å². The van der Waals surface area contributed by atoms with Gasteiger partial charge in [-0.15, -0.1) is 0 Å². The molecule has 1 aliphatic rings. The van der Waals surface area contributed by atoms with Gasteiger partial charge >= 0.3 is 0 Å². The quantitative estimate of drug-likeness (QED) is 0.866. The summed E-state index contributed by atoms with van der Waals surface area (Å²) in [5.74, 6) is 0.703. The van der Waals surface area contributed by atoms with E-state index in [0.29, 0.717) is 12.5 Å². The summed E-state index contributed by atoms with van der Waals surface area (Å²) in [4.78, 5) is 4.34. The number of nitrogens with one attached hydrogen (secondary N) is 1. The maximum atomic E-state index is 9.42. The van der Waals surface area contributed by atoms with Gasteiger partial charge in [0.1, 0.15) is 5.52 Å². The summed E-state index contributed by atoms with van der Waals surface area (Å²) in [6.07, 6.45) is 3.52. The van der Waals surface area contributed by atoms with Crippen molar-refractivity contribution in [2.24, 2.45) is 5.41 Å². The first kappa shape index (κ1) is 12.6. The largest absolute Gasteiger partial charge is 0.441 e. The zero-order chi connectivity index (χ0) is 13.3. The maximum Gasteiger partial charge on any atom is 0.192 e. The van der Waals surface area contributed by atoms with Crippen molar-refractivity contribution in [3.63, 3.8) is 0 Å². The Bertz CT molecular complexity index is 567. The molecule has 0 spiro atoms. The van der Waals surface area contributed by atoms with E-state index in [2.05, 4.69) is 22.4 Å². The second-order valence-electron chi connectivity index (χ2n) is 5.65. The Hall–Kier alpha value is -1.39. The molecule has 0 unspecified atom stereocenters. The Kier molecular flexibility index (Phi) is 3.29. The van der Waals surface area contributed by atoms with Gasteiger partial charge in [-0.2, -0.15) is 0 Å². The molecule has 0 aliphatic heterocycles. The molecule has 0 bridgehead atoms. The van der Waals surface area contributed by atoms with Gasteiger partial charge in [0.05, 0.1) is 0 Å². The lowest BCUT2D eigenvalue weighted by molar-refractivity contribution is 0.0445. The van der Waals surface area contributed by atoms with E-state index in [-0.39, 0.29) is 5.41 Å². The van der Waals surface area contributed by atoms with Gasteiger partial charge in [-0.1, -0.05) is 12.5 Å². The predicted molar refractivity (Wildman–Crippen MR) is 73.8 cm³/mol. The third-order valence-electron chi connectivity index (χ3n) is 4.14. The van der Waals surface area contributed by atoms with E-state index in [4.69, 9.17) is 4.42 Å². The summed E-state index contributed by atoms with van der Waals surface area (Å²) in [6, 6.07) is 6.09. The summed E-state index contributed by atoms with van der Waals surface area (Å²) in [6.45, 7) is 3.85. The topological polar surface area (TPSA) is 58.3 Å². The van der Waals surface area contributed by atoms with Gasteiger partial charge in [0.25, 0.3) is 0 Å². The first-order valence-corrected chi connectivity index (χ1v) is 6.88. The molecule has 0 radical (unpaired) electrons. The number of hydrogen-bond donors (Lipinski definition) is 2. The zero-order valence-corrected chi connectivity index (χ0v) is 11.3. The zero-order valence-electron chi connectivity index (χ0n) is 11.3. The summed E-state index contributed by atoms with van der Waals surface area (Å²) < 4.78 is 5.46. The lowest BCUT2D eigenvalue weighted by Crippen LogP contribution is -2.42. The Morgan fingerprint density at radius 1 is 1.42 bits per heavy atom. The second kappa shape index (κ2) is 4.94. The van der Waals surface area contributed by atoms with Gasteiger partial charge in [0.15, 0.2) is 11.5 Å². The van der Waals surface area contributed by atoms with Crippen LogP contribution in [0.1, 0.15) is 30.7 Å². The highest BCUT2D eigenvalue weighted by Crippen LogP contribution is 2.39. The highest BCUT2D eigenvalue weighted by molar-refractivity contribution is 5.73. The lowest BCUT2D eigenvalue weighted by atomic mass is 9.69. The van der Waals surface area contributed by atoms with Crippen molar-refractivity contribution in [1.82, 2.24) is 10.3 Å². The van der Waals surface area contributed by atoms with Gasteiger partial charge < -0.3 is 14.8 Å². The Labute approximate surface area is 112 Å². The minimum Gasteiger partial charge on any atom is -0.441 e. The number of rotatable bonds is 5. The van der Waals surface area contributed by atoms with Gasteiger partial charge in [-0.3, -0.25) is 0 Å². The maximum absolute atomic E-state index is 9.42. The molecular weight excluding hydrogens is 240 g/mol. The average Bonchev–Trinajstić information content (AvgIpc) is 2.72. The number of aryl methyl sites for hydroxylation is 1. The highest BCUT2D eigenvalue weighted by Gasteiger charge is 2.35. The molecule has 1 heterocycles. The highest BCUT2D eigenvalue weighted by atomic mass is 16.3. The molecule has 2 aromatic rings. The van der Waals surface area contributed by atoms with Crippen LogP contribution in [0.4, 0.5) is 0 Å². The number of nitrogens with zero attached hydrogens (tertiary/aromatic N) is 1. The van der Waals surface area contributed by atoms with Crippen LogP contribution in [0.25, 0.3) is 11.1 Å². The normalized spacial score (nSPS) is 17.6. The van der Waals surface area contributed by atoms with E-state index >= 15 is 0 Å². The molecule has 19 heavy (non-hydrogen) atoms. The van der Waals surface area contributed by atoms with E-state index in [1.165, 1.54) is 12.0 Å². The number of benzene rings is 1. The second-order valence-corrected chi connectivity index (χ2v) is 5.65. The van der Waals surface area contributed by atoms with Crippen molar-refractivity contribution < 1.29 is 9.52 Å². The molecule has 1 fully saturated rings. The smallest absolute Gasteiger partial charge is 0.192 e. The molecule has 1 aliphatic carbocycles. The van der Waals surface area contributed by atoms with Gasteiger partial charge in [0, 0.05) is 32.0 Å². The molecule has 0 saturated heterocycles. The van der Waals surface area contributed by atoms with Crippen LogP contribution in [-0.2, 0) is 6.54 Å². The fourth-order valence-electron chi connectivity index (χ4n) is 2.74. The molecule has 1 aromatic heterocycles. The number of oxazole rings is 1. The summed E-state index contributed by atoms with van der Waals surface area (Å²) in [5, 5.41) is 12.9. The fourth-order valence-corrected chi connectivity index (χ4v) is 2.74. The molecule has 3 rings (SSSR count). The lowest BCUT2D eigenvalue weighted by Gasteiger charge is -2.40. The van der Waals surface area contributed by atoms with E-state index in [1.807, 2.05) is 13.0 Å². The molecule has 1 saturated carbocycles. The Balaban J connectivity index is 1.62. The molecule has 102 valence electrons. The van der Waals surface area contributed by atoms with Crippen LogP contribution < -0.4 is 5.32 Å². The third kappa shape index (κ3) is 2.51. The van der Waals surface area contributed by atoms with E-state index in [9.17, 15) is 5.11 Å².